The lowest BCUT2D eigenvalue weighted by atomic mass is 10.2. The number of alkyl halides is 8. The Hall–Kier alpha value is -8.83. The van der Waals surface area contributed by atoms with Gasteiger partial charge in [-0.2, -0.15) is 35.1 Å². The SMILES string of the molecule is CC(C)(C)[Si](C)(C)Oc1ccc(Nc2cc(OC(F)F)ccc2NC=O)cc1.Cl.FC(F)Oc1ccc2ncn(-c3ccc(OCCOC4CCOCC4)cc3)c2c1.O=CNc1ccc(OC(F)F)cc1Br.Oc1ccc(-n2cnc3ccc(OC(F)F)cc32)cc1. The summed E-state index contributed by atoms with van der Waals surface area (Å²) in [6, 6.07) is 39.0. The van der Waals surface area contributed by atoms with E-state index in [0.717, 1.165) is 48.9 Å². The monoisotopic (exact) mass is 1390 g/mol. The Labute approximate surface area is 539 Å². The van der Waals surface area contributed by atoms with Gasteiger partial charge in [-0.25, -0.2) is 9.97 Å². The number of imidazole rings is 2. The van der Waals surface area contributed by atoms with Gasteiger partial charge in [-0.15, -0.1) is 12.4 Å². The Morgan fingerprint density at radius 3 is 1.50 bits per heavy atom. The summed E-state index contributed by atoms with van der Waals surface area (Å²) in [5, 5.41) is 17.4. The summed E-state index contributed by atoms with van der Waals surface area (Å²) in [5.41, 5.74) is 6.37. The van der Waals surface area contributed by atoms with E-state index in [4.69, 9.17) is 18.6 Å². The molecule has 92 heavy (non-hydrogen) atoms. The number of hydrogen-bond donors (Lipinski definition) is 4. The van der Waals surface area contributed by atoms with Crippen LogP contribution >= 0.6 is 28.3 Å². The van der Waals surface area contributed by atoms with E-state index in [1.54, 1.807) is 59.7 Å². The van der Waals surface area contributed by atoms with Gasteiger partial charge in [-0.05, 0) is 174 Å². The molecule has 0 unspecified atom stereocenters. The van der Waals surface area contributed by atoms with Gasteiger partial charge in [0.05, 0.1) is 51.8 Å². The minimum absolute atomic E-state index is 0. The summed E-state index contributed by atoms with van der Waals surface area (Å²) in [4.78, 5) is 29.4. The third kappa shape index (κ3) is 21.9. The molecule has 3 heterocycles. The molecule has 0 spiro atoms. The molecular formula is C63H65BrClF8N7O11Si. The third-order valence-electron chi connectivity index (χ3n) is 13.7. The third-order valence-corrected chi connectivity index (χ3v) is 18.7. The fraction of sp³-hybridized carbons (Fsp3) is 0.270. The van der Waals surface area contributed by atoms with Crippen molar-refractivity contribution in [1.29, 1.82) is 0 Å². The van der Waals surface area contributed by atoms with Crippen LogP contribution in [0, 0.1) is 0 Å². The zero-order valence-electron chi connectivity index (χ0n) is 49.9. The van der Waals surface area contributed by atoms with Crippen LogP contribution in [0.3, 0.4) is 0 Å². The van der Waals surface area contributed by atoms with Crippen LogP contribution < -0.4 is 44.1 Å². The number of rotatable bonds is 23. The van der Waals surface area contributed by atoms with Crippen LogP contribution in [0.2, 0.25) is 18.1 Å². The maximum Gasteiger partial charge on any atom is 0.387 e. The Bertz CT molecular complexity index is 3760. The predicted molar refractivity (Wildman–Crippen MR) is 340 cm³/mol. The number of fused-ring (bicyclic) bond motifs is 2. The summed E-state index contributed by atoms with van der Waals surface area (Å²) in [6.45, 7) is 1.86. The first kappa shape index (κ1) is 72.2. The van der Waals surface area contributed by atoms with Crippen LogP contribution in [0.15, 0.2) is 163 Å². The largest absolute Gasteiger partial charge is 0.544 e. The van der Waals surface area contributed by atoms with Crippen LogP contribution in [0.4, 0.5) is 57.9 Å². The minimum Gasteiger partial charge on any atom is -0.544 e. The molecular weight excluding hydrogens is 1330 g/mol. The van der Waals surface area contributed by atoms with E-state index >= 15 is 0 Å². The number of carbonyl (C=O) groups is 2. The topological polar surface area (TPSA) is 200 Å². The quantitative estimate of drug-likeness (QED) is 0.0204. The molecule has 4 N–H and O–H groups in total. The fourth-order valence-corrected chi connectivity index (χ4v) is 9.83. The molecule has 10 rings (SSSR count). The van der Waals surface area contributed by atoms with Gasteiger partial charge in [0.15, 0.2) is 0 Å². The highest BCUT2D eigenvalue weighted by Crippen LogP contribution is 2.38. The van der Waals surface area contributed by atoms with Crippen LogP contribution in [-0.4, -0.2) is 104 Å². The van der Waals surface area contributed by atoms with Gasteiger partial charge in [0, 0.05) is 52.9 Å². The van der Waals surface area contributed by atoms with Gasteiger partial charge < -0.3 is 58.6 Å². The first-order valence-corrected chi connectivity index (χ1v) is 31.5. The highest BCUT2D eigenvalue weighted by Gasteiger charge is 2.39. The van der Waals surface area contributed by atoms with Crippen molar-refractivity contribution in [2.45, 2.75) is 84.3 Å². The lowest BCUT2D eigenvalue weighted by molar-refractivity contribution is -0.106. The van der Waals surface area contributed by atoms with Gasteiger partial charge in [0.2, 0.25) is 21.1 Å². The number of aromatic nitrogens is 4. The molecule has 1 aliphatic rings. The summed E-state index contributed by atoms with van der Waals surface area (Å²) < 4.78 is 142. The van der Waals surface area contributed by atoms with Crippen molar-refractivity contribution in [2.75, 3.05) is 42.4 Å². The highest BCUT2D eigenvalue weighted by atomic mass is 79.9. The normalized spacial score (nSPS) is 12.3. The van der Waals surface area contributed by atoms with E-state index in [0.29, 0.717) is 75.3 Å². The molecule has 0 saturated carbocycles. The molecule has 1 aliphatic heterocycles. The van der Waals surface area contributed by atoms with E-state index in [9.17, 15) is 49.8 Å². The van der Waals surface area contributed by atoms with Crippen molar-refractivity contribution in [2.24, 2.45) is 0 Å². The number of halogens is 10. The number of hydrogen-bond acceptors (Lipinski definition) is 14. The lowest BCUT2D eigenvalue weighted by Gasteiger charge is -2.36. The van der Waals surface area contributed by atoms with Crippen LogP contribution in [0.1, 0.15) is 33.6 Å². The van der Waals surface area contributed by atoms with Gasteiger partial charge in [-0.3, -0.25) is 18.7 Å². The molecule has 0 aliphatic carbocycles. The van der Waals surface area contributed by atoms with Crippen molar-refractivity contribution in [3.8, 4) is 51.6 Å². The molecule has 9 aromatic rings. The van der Waals surface area contributed by atoms with Crippen LogP contribution in [-0.2, 0) is 19.1 Å². The van der Waals surface area contributed by atoms with E-state index in [2.05, 4.69) is 94.7 Å². The first-order valence-electron chi connectivity index (χ1n) is 27.8. The maximum atomic E-state index is 12.5. The number of benzene rings is 7. The number of carbonyl (C=O) groups excluding carboxylic acids is 2. The fourth-order valence-electron chi connectivity index (χ4n) is 8.33. The smallest absolute Gasteiger partial charge is 0.387 e. The second kappa shape index (κ2) is 34.6. The molecule has 492 valence electrons. The lowest BCUT2D eigenvalue weighted by Crippen LogP contribution is -2.43. The van der Waals surface area contributed by atoms with E-state index in [1.807, 2.05) is 53.1 Å². The molecule has 1 fully saturated rings. The molecule has 2 aromatic heterocycles. The number of anilines is 4. The molecule has 29 heteroatoms. The number of nitrogens with zero attached hydrogens (tertiary/aromatic N) is 4. The number of phenols is 1. The Balaban J connectivity index is 0.000000200. The first-order chi connectivity index (χ1) is 43.5. The highest BCUT2D eigenvalue weighted by molar-refractivity contribution is 9.10. The minimum atomic E-state index is -2.93. The van der Waals surface area contributed by atoms with Crippen molar-refractivity contribution in [1.82, 2.24) is 19.1 Å². The summed E-state index contributed by atoms with van der Waals surface area (Å²) in [7, 11) is -1.94. The van der Waals surface area contributed by atoms with Gasteiger partial charge >= 0.3 is 26.4 Å². The van der Waals surface area contributed by atoms with Gasteiger partial charge in [0.25, 0.3) is 0 Å². The Morgan fingerprint density at radius 2 is 1.02 bits per heavy atom. The number of amides is 2. The zero-order chi connectivity index (χ0) is 65.7. The Morgan fingerprint density at radius 1 is 0.587 bits per heavy atom. The van der Waals surface area contributed by atoms with Crippen molar-refractivity contribution in [3.05, 3.63) is 163 Å². The molecule has 1 saturated heterocycles. The zero-order valence-corrected chi connectivity index (χ0v) is 53.3. The molecule has 0 atom stereocenters. The predicted octanol–water partition coefficient (Wildman–Crippen LogP) is 16.6. The summed E-state index contributed by atoms with van der Waals surface area (Å²) in [5.74, 6) is 1.86. The Kier molecular flexibility index (Phi) is 27.1. The van der Waals surface area contributed by atoms with E-state index in [1.165, 1.54) is 54.6 Å². The number of nitrogens with one attached hydrogen (secondary N) is 3. The second-order valence-electron chi connectivity index (χ2n) is 21.0. The van der Waals surface area contributed by atoms with Crippen molar-refractivity contribution < 1.29 is 87.4 Å². The molecule has 0 radical (unpaired) electrons. The van der Waals surface area contributed by atoms with Gasteiger partial charge in [0.1, 0.15) is 59.5 Å². The molecule has 18 nitrogen and oxygen atoms in total. The second-order valence-corrected chi connectivity index (χ2v) is 26.5. The van der Waals surface area contributed by atoms with Crippen molar-refractivity contribution in [3.63, 3.8) is 0 Å². The van der Waals surface area contributed by atoms with E-state index < -0.39 is 34.8 Å². The van der Waals surface area contributed by atoms with Crippen LogP contribution in [0.25, 0.3) is 33.4 Å². The standard InChI is InChI=1S/C21H22F2N2O4.C20H26F2N2O3Si.C14H10F2N2O2.C8H6BrF2NO2.ClH/c22-21(23)29-18-5-6-19-20(13-18)25(14-24-19)15-1-3-16(4-2-15)27-11-12-28-17-7-9-26-10-8-17;1-20(2,3)28(4,5)27-15-8-6-14(7-9-15)24-18-12-16(26-19(21)22)10-11-17(18)23-13-25;15-14(16)20-11-5-6-12-13(7-11)18(8-17-12)9-1-3-10(19)4-2-9;9-6-3-5(14-8(10)11)1-2-7(6)12-4-13;/h1-6,13-14,17,21H,7-12H2;6-13,19,24H,1-5H3,(H,23,25);1-8,14,19H;1-4,8H,(H,12,13);1H. The molecule has 2 amide bonds. The molecule has 0 bridgehead atoms. The number of phenolic OH excluding ortho intramolecular Hbond substituents is 1. The van der Waals surface area contributed by atoms with Crippen LogP contribution in [0.5, 0.6) is 40.2 Å². The summed E-state index contributed by atoms with van der Waals surface area (Å²) in [6.07, 6.45) is 6.36. The van der Waals surface area contributed by atoms with E-state index in [-0.39, 0.29) is 52.3 Å². The van der Waals surface area contributed by atoms with Crippen molar-refractivity contribution >= 4 is 94.3 Å². The summed E-state index contributed by atoms with van der Waals surface area (Å²) >= 11 is 3.09. The average molecular weight is 1390 g/mol. The molecule has 7 aromatic carbocycles. The number of ether oxygens (including phenoxy) is 7. The number of aromatic hydroxyl groups is 1. The van der Waals surface area contributed by atoms with Gasteiger partial charge in [-0.1, -0.05) is 20.8 Å². The maximum absolute atomic E-state index is 12.5. The average Bonchev–Trinajstić information content (AvgIpc) is 1.67.